The SMILES string of the molecule is C#CNCCC(=O)Oc1ccc2c(c1)CCC2. The number of carbonyl (C=O) groups excluding carboxylic acids is 1. The van der Waals surface area contributed by atoms with E-state index < -0.39 is 0 Å². The lowest BCUT2D eigenvalue weighted by molar-refractivity contribution is -0.134. The second kappa shape index (κ2) is 5.40. The van der Waals surface area contributed by atoms with Gasteiger partial charge in [0.2, 0.25) is 0 Å². The van der Waals surface area contributed by atoms with Crippen molar-refractivity contribution in [3.63, 3.8) is 0 Å². The fourth-order valence-corrected chi connectivity index (χ4v) is 2.03. The molecule has 0 amide bonds. The smallest absolute Gasteiger partial charge is 0.312 e. The molecular formula is C14H15NO2. The number of hydrogen-bond acceptors (Lipinski definition) is 3. The summed E-state index contributed by atoms with van der Waals surface area (Å²) in [6.07, 6.45) is 8.71. The highest BCUT2D eigenvalue weighted by atomic mass is 16.5. The molecule has 1 N–H and O–H groups in total. The van der Waals surface area contributed by atoms with Gasteiger partial charge in [-0.05, 0) is 42.5 Å². The topological polar surface area (TPSA) is 38.3 Å². The fourth-order valence-electron chi connectivity index (χ4n) is 2.03. The lowest BCUT2D eigenvalue weighted by Crippen LogP contribution is -2.16. The molecule has 0 heterocycles. The predicted octanol–water partition coefficient (Wildman–Crippen LogP) is 1.65. The first kappa shape index (κ1) is 11.5. The highest BCUT2D eigenvalue weighted by Crippen LogP contribution is 2.26. The number of rotatable bonds is 4. The van der Waals surface area contributed by atoms with Gasteiger partial charge in [-0.2, -0.15) is 0 Å². The summed E-state index contributed by atoms with van der Waals surface area (Å²) >= 11 is 0. The van der Waals surface area contributed by atoms with Crippen molar-refractivity contribution in [1.29, 1.82) is 0 Å². The van der Waals surface area contributed by atoms with E-state index in [1.54, 1.807) is 0 Å². The molecule has 0 atom stereocenters. The number of hydrogen-bond donors (Lipinski definition) is 1. The van der Waals surface area contributed by atoms with Gasteiger partial charge >= 0.3 is 5.97 Å². The molecule has 1 aliphatic rings. The molecule has 17 heavy (non-hydrogen) atoms. The second-order valence-electron chi connectivity index (χ2n) is 4.08. The van der Waals surface area contributed by atoms with E-state index in [0.717, 1.165) is 12.8 Å². The summed E-state index contributed by atoms with van der Waals surface area (Å²) < 4.78 is 5.24. The molecule has 0 aliphatic heterocycles. The van der Waals surface area contributed by atoms with Crippen LogP contribution in [0.25, 0.3) is 0 Å². The Labute approximate surface area is 101 Å². The van der Waals surface area contributed by atoms with Gasteiger partial charge in [0.15, 0.2) is 0 Å². The summed E-state index contributed by atoms with van der Waals surface area (Å²) in [6.45, 7) is 0.445. The molecule has 1 aromatic rings. The standard InChI is InChI=1S/C14H15NO2/c1-2-15-9-8-14(16)17-13-7-6-11-4-3-5-12(11)10-13/h1,6-7,10,15H,3-5,8-9H2. The predicted molar refractivity (Wildman–Crippen MR) is 65.6 cm³/mol. The Morgan fingerprint density at radius 3 is 3.06 bits per heavy atom. The van der Waals surface area contributed by atoms with E-state index in [9.17, 15) is 4.79 Å². The van der Waals surface area contributed by atoms with Crippen LogP contribution in [0.5, 0.6) is 5.75 Å². The third-order valence-corrected chi connectivity index (χ3v) is 2.86. The number of benzene rings is 1. The van der Waals surface area contributed by atoms with Gasteiger partial charge in [-0.25, -0.2) is 0 Å². The highest BCUT2D eigenvalue weighted by molar-refractivity contribution is 5.72. The average Bonchev–Trinajstić information content (AvgIpc) is 2.76. The van der Waals surface area contributed by atoms with Crippen molar-refractivity contribution in [2.75, 3.05) is 6.54 Å². The minimum absolute atomic E-state index is 0.259. The van der Waals surface area contributed by atoms with Gasteiger partial charge in [0.05, 0.1) is 6.42 Å². The van der Waals surface area contributed by atoms with E-state index in [4.69, 9.17) is 11.2 Å². The Morgan fingerprint density at radius 2 is 2.24 bits per heavy atom. The maximum Gasteiger partial charge on any atom is 0.312 e. The highest BCUT2D eigenvalue weighted by Gasteiger charge is 2.12. The molecule has 88 valence electrons. The minimum Gasteiger partial charge on any atom is -0.426 e. The van der Waals surface area contributed by atoms with Crippen LogP contribution in [0.1, 0.15) is 24.0 Å². The van der Waals surface area contributed by atoms with Crippen LogP contribution in [0.2, 0.25) is 0 Å². The van der Waals surface area contributed by atoms with Crippen molar-refractivity contribution in [3.8, 4) is 18.2 Å². The van der Waals surface area contributed by atoms with Crippen LogP contribution in [0.4, 0.5) is 0 Å². The Balaban J connectivity index is 1.91. The molecule has 3 heteroatoms. The number of fused-ring (bicyclic) bond motifs is 1. The molecular weight excluding hydrogens is 214 g/mol. The van der Waals surface area contributed by atoms with E-state index in [2.05, 4.69) is 11.4 Å². The fraction of sp³-hybridized carbons (Fsp3) is 0.357. The molecule has 0 spiro atoms. The Morgan fingerprint density at radius 1 is 1.41 bits per heavy atom. The number of aryl methyl sites for hydroxylation is 2. The van der Waals surface area contributed by atoms with Gasteiger partial charge in [-0.1, -0.05) is 12.5 Å². The molecule has 0 radical (unpaired) electrons. The Kier molecular flexibility index (Phi) is 3.66. The van der Waals surface area contributed by atoms with Crippen molar-refractivity contribution in [2.24, 2.45) is 0 Å². The van der Waals surface area contributed by atoms with Crippen molar-refractivity contribution in [1.82, 2.24) is 5.32 Å². The third kappa shape index (κ3) is 3.01. The van der Waals surface area contributed by atoms with Gasteiger partial charge in [-0.15, -0.1) is 0 Å². The minimum atomic E-state index is -0.259. The number of esters is 1. The van der Waals surface area contributed by atoms with Gasteiger partial charge in [0.25, 0.3) is 0 Å². The quantitative estimate of drug-likeness (QED) is 0.280. The lowest BCUT2D eigenvalue weighted by atomic mass is 10.1. The second-order valence-corrected chi connectivity index (χ2v) is 4.08. The van der Waals surface area contributed by atoms with E-state index in [0.29, 0.717) is 12.3 Å². The monoisotopic (exact) mass is 229 g/mol. The van der Waals surface area contributed by atoms with Crippen molar-refractivity contribution in [2.45, 2.75) is 25.7 Å². The first-order valence-corrected chi connectivity index (χ1v) is 5.80. The van der Waals surface area contributed by atoms with Crippen LogP contribution in [0, 0.1) is 12.5 Å². The number of terminal acetylenes is 1. The Hall–Kier alpha value is -1.95. The molecule has 0 saturated carbocycles. The van der Waals surface area contributed by atoms with Crippen LogP contribution in [0.15, 0.2) is 18.2 Å². The number of ether oxygens (including phenoxy) is 1. The molecule has 1 aromatic carbocycles. The number of nitrogens with one attached hydrogen (secondary N) is 1. The van der Waals surface area contributed by atoms with Gasteiger partial charge < -0.3 is 10.1 Å². The maximum absolute atomic E-state index is 11.5. The Bertz CT molecular complexity index is 460. The third-order valence-electron chi connectivity index (χ3n) is 2.86. The molecule has 1 aliphatic carbocycles. The summed E-state index contributed by atoms with van der Waals surface area (Å²) in [5.41, 5.74) is 2.68. The van der Waals surface area contributed by atoms with Gasteiger partial charge in [0.1, 0.15) is 5.75 Å². The first-order valence-electron chi connectivity index (χ1n) is 5.80. The van der Waals surface area contributed by atoms with E-state index in [1.807, 2.05) is 18.2 Å². The zero-order valence-corrected chi connectivity index (χ0v) is 9.66. The molecule has 2 rings (SSSR count). The van der Waals surface area contributed by atoms with Crippen molar-refractivity contribution >= 4 is 5.97 Å². The van der Waals surface area contributed by atoms with Crippen LogP contribution < -0.4 is 10.1 Å². The summed E-state index contributed by atoms with van der Waals surface area (Å²) in [4.78, 5) is 11.5. The van der Waals surface area contributed by atoms with E-state index >= 15 is 0 Å². The molecule has 0 unspecified atom stereocenters. The molecule has 0 aromatic heterocycles. The van der Waals surface area contributed by atoms with Crippen LogP contribution in [-0.4, -0.2) is 12.5 Å². The van der Waals surface area contributed by atoms with Crippen molar-refractivity contribution < 1.29 is 9.53 Å². The maximum atomic E-state index is 11.5. The molecule has 0 bridgehead atoms. The summed E-state index contributed by atoms with van der Waals surface area (Å²) in [7, 11) is 0. The number of carbonyl (C=O) groups is 1. The van der Waals surface area contributed by atoms with E-state index in [-0.39, 0.29) is 12.4 Å². The van der Waals surface area contributed by atoms with Crippen LogP contribution in [-0.2, 0) is 17.6 Å². The lowest BCUT2D eigenvalue weighted by Gasteiger charge is -2.06. The summed E-state index contributed by atoms with van der Waals surface area (Å²) in [6, 6.07) is 8.13. The summed E-state index contributed by atoms with van der Waals surface area (Å²) in [5.74, 6) is 0.377. The molecule has 0 fully saturated rings. The largest absolute Gasteiger partial charge is 0.426 e. The van der Waals surface area contributed by atoms with E-state index in [1.165, 1.54) is 17.5 Å². The molecule has 0 saturated heterocycles. The van der Waals surface area contributed by atoms with Gasteiger partial charge in [-0.3, -0.25) is 4.79 Å². The molecule has 3 nitrogen and oxygen atoms in total. The van der Waals surface area contributed by atoms with Gasteiger partial charge in [0, 0.05) is 12.6 Å². The van der Waals surface area contributed by atoms with Crippen molar-refractivity contribution in [3.05, 3.63) is 29.3 Å². The normalized spacial score (nSPS) is 12.6. The first-order chi connectivity index (χ1) is 8.29. The van der Waals surface area contributed by atoms with Crippen LogP contribution >= 0.6 is 0 Å². The average molecular weight is 229 g/mol. The van der Waals surface area contributed by atoms with Crippen LogP contribution in [0.3, 0.4) is 0 Å². The summed E-state index contributed by atoms with van der Waals surface area (Å²) in [5, 5.41) is 2.63. The zero-order chi connectivity index (χ0) is 12.1. The zero-order valence-electron chi connectivity index (χ0n) is 9.66.